The first-order valence-corrected chi connectivity index (χ1v) is 5.73. The number of hydrogen-bond donors (Lipinski definition) is 0. The highest BCUT2D eigenvalue weighted by molar-refractivity contribution is 5.97. The van der Waals surface area contributed by atoms with Crippen molar-refractivity contribution in [2.24, 2.45) is 11.8 Å². The highest BCUT2D eigenvalue weighted by Crippen LogP contribution is 2.06. The summed E-state index contributed by atoms with van der Waals surface area (Å²) in [5.74, 6) is -0.736. The van der Waals surface area contributed by atoms with Crippen molar-refractivity contribution in [2.45, 2.75) is 34.1 Å². The van der Waals surface area contributed by atoms with E-state index in [1.807, 2.05) is 0 Å². The summed E-state index contributed by atoms with van der Waals surface area (Å²) in [6.07, 6.45) is 0.487. The first kappa shape index (κ1) is 15.1. The molecule has 0 saturated heterocycles. The van der Waals surface area contributed by atoms with E-state index in [1.54, 1.807) is 6.92 Å². The predicted molar refractivity (Wildman–Crippen MR) is 61.1 cm³/mol. The molecule has 0 aliphatic rings. The summed E-state index contributed by atoms with van der Waals surface area (Å²) in [5.41, 5.74) is 0. The molecule has 4 nitrogen and oxygen atoms in total. The highest BCUT2D eigenvalue weighted by atomic mass is 16.6. The van der Waals surface area contributed by atoms with Gasteiger partial charge >= 0.3 is 5.97 Å². The van der Waals surface area contributed by atoms with Crippen LogP contribution in [-0.2, 0) is 19.1 Å². The highest BCUT2D eigenvalue weighted by Gasteiger charge is 2.22. The van der Waals surface area contributed by atoms with Gasteiger partial charge in [-0.15, -0.1) is 0 Å². The third-order valence-electron chi connectivity index (χ3n) is 2.11. The minimum atomic E-state index is -0.620. The number of hydrogen-bond acceptors (Lipinski definition) is 4. The van der Waals surface area contributed by atoms with Crippen LogP contribution < -0.4 is 0 Å². The Labute approximate surface area is 97.3 Å². The molecular weight excluding hydrogens is 208 g/mol. The summed E-state index contributed by atoms with van der Waals surface area (Å²) in [4.78, 5) is 22.5. The average Bonchev–Trinajstić information content (AvgIpc) is 2.17. The molecule has 0 aromatic heterocycles. The Morgan fingerprint density at radius 3 is 2.25 bits per heavy atom. The maximum absolute atomic E-state index is 11.4. The molecule has 0 aromatic carbocycles. The number of rotatable bonds is 8. The van der Waals surface area contributed by atoms with Crippen molar-refractivity contribution in [3.63, 3.8) is 0 Å². The second-order valence-electron chi connectivity index (χ2n) is 4.21. The van der Waals surface area contributed by atoms with Gasteiger partial charge in [0, 0.05) is 6.61 Å². The zero-order valence-corrected chi connectivity index (χ0v) is 10.6. The monoisotopic (exact) mass is 230 g/mol. The van der Waals surface area contributed by atoms with Gasteiger partial charge in [0.1, 0.15) is 18.3 Å². The molecule has 4 heteroatoms. The third-order valence-corrected chi connectivity index (χ3v) is 2.11. The largest absolute Gasteiger partial charge is 0.463 e. The summed E-state index contributed by atoms with van der Waals surface area (Å²) in [6.45, 7) is 8.56. The van der Waals surface area contributed by atoms with E-state index in [4.69, 9.17) is 9.47 Å². The fourth-order valence-corrected chi connectivity index (χ4v) is 1.24. The molecule has 0 spiro atoms. The summed E-state index contributed by atoms with van der Waals surface area (Å²) >= 11 is 0. The minimum Gasteiger partial charge on any atom is -0.463 e. The number of esters is 1. The summed E-state index contributed by atoms with van der Waals surface area (Å²) in [7, 11) is 0. The summed E-state index contributed by atoms with van der Waals surface area (Å²) in [5, 5.41) is 0. The van der Waals surface area contributed by atoms with Crippen LogP contribution in [0, 0.1) is 11.8 Å². The Morgan fingerprint density at radius 1 is 1.19 bits per heavy atom. The van der Waals surface area contributed by atoms with E-state index in [9.17, 15) is 9.59 Å². The van der Waals surface area contributed by atoms with Crippen molar-refractivity contribution in [3.05, 3.63) is 0 Å². The van der Waals surface area contributed by atoms with Gasteiger partial charge in [-0.2, -0.15) is 0 Å². The zero-order chi connectivity index (χ0) is 12.6. The Kier molecular flexibility index (Phi) is 7.81. The number of ketones is 1. The van der Waals surface area contributed by atoms with Crippen molar-refractivity contribution in [2.75, 3.05) is 19.8 Å². The van der Waals surface area contributed by atoms with Crippen LogP contribution in [0.25, 0.3) is 0 Å². The van der Waals surface area contributed by atoms with Crippen LogP contribution in [0.1, 0.15) is 34.1 Å². The lowest BCUT2D eigenvalue weighted by atomic mass is 10.0. The van der Waals surface area contributed by atoms with E-state index in [-0.39, 0.29) is 12.4 Å². The quantitative estimate of drug-likeness (QED) is 0.362. The molecule has 16 heavy (non-hydrogen) atoms. The number of Topliss-reactive ketones (excluding diaryl/α,β-unsaturated/α-hetero) is 1. The van der Waals surface area contributed by atoms with Crippen LogP contribution in [0.3, 0.4) is 0 Å². The minimum absolute atomic E-state index is 0.143. The molecule has 0 saturated carbocycles. The molecule has 0 heterocycles. The molecule has 1 unspecified atom stereocenters. The molecule has 0 radical (unpaired) electrons. The number of carbonyl (C=O) groups excluding carboxylic acids is 2. The van der Waals surface area contributed by atoms with Gasteiger partial charge in [-0.25, -0.2) is 0 Å². The van der Waals surface area contributed by atoms with E-state index in [1.165, 1.54) is 6.92 Å². The average molecular weight is 230 g/mol. The van der Waals surface area contributed by atoms with E-state index < -0.39 is 11.9 Å². The first-order chi connectivity index (χ1) is 7.49. The molecular formula is C12H22O4. The topological polar surface area (TPSA) is 52.6 Å². The van der Waals surface area contributed by atoms with E-state index in [0.717, 1.165) is 0 Å². The Bertz CT molecular complexity index is 223. The molecule has 0 aliphatic heterocycles. The van der Waals surface area contributed by atoms with Crippen molar-refractivity contribution in [1.82, 2.24) is 0 Å². The van der Waals surface area contributed by atoms with Crippen molar-refractivity contribution < 1.29 is 19.1 Å². The molecule has 1 atom stereocenters. The zero-order valence-electron chi connectivity index (χ0n) is 10.6. The lowest BCUT2D eigenvalue weighted by Crippen LogP contribution is -2.25. The fraction of sp³-hybridized carbons (Fsp3) is 0.833. The Hall–Kier alpha value is -0.900. The van der Waals surface area contributed by atoms with E-state index >= 15 is 0 Å². The van der Waals surface area contributed by atoms with Gasteiger partial charge in [0.05, 0.1) is 6.61 Å². The van der Waals surface area contributed by atoms with Crippen LogP contribution in [0.15, 0.2) is 0 Å². The third kappa shape index (κ3) is 6.56. The maximum Gasteiger partial charge on any atom is 0.316 e. The molecule has 0 bridgehead atoms. The second kappa shape index (κ2) is 8.28. The van der Waals surface area contributed by atoms with Crippen LogP contribution >= 0.6 is 0 Å². The van der Waals surface area contributed by atoms with Crippen molar-refractivity contribution in [1.29, 1.82) is 0 Å². The van der Waals surface area contributed by atoms with Crippen molar-refractivity contribution >= 4 is 11.8 Å². The molecule has 0 N–H and O–H groups in total. The van der Waals surface area contributed by atoms with Gasteiger partial charge in [-0.3, -0.25) is 9.59 Å². The standard InChI is InChI=1S/C12H22O4/c1-5-11(10(4)13)12(14)16-7-6-15-8-9(2)3/h9,11H,5-8H2,1-4H3. The second-order valence-corrected chi connectivity index (χ2v) is 4.21. The molecule has 0 aromatic rings. The van der Waals surface area contributed by atoms with Crippen LogP contribution in [0.5, 0.6) is 0 Å². The molecule has 0 amide bonds. The molecule has 0 rings (SSSR count). The Morgan fingerprint density at radius 2 is 1.81 bits per heavy atom. The van der Waals surface area contributed by atoms with E-state index in [0.29, 0.717) is 25.6 Å². The maximum atomic E-state index is 11.4. The van der Waals surface area contributed by atoms with Crippen LogP contribution in [-0.4, -0.2) is 31.6 Å². The van der Waals surface area contributed by atoms with Gasteiger partial charge in [0.15, 0.2) is 0 Å². The summed E-state index contributed by atoms with van der Waals surface area (Å²) in [6, 6.07) is 0. The lowest BCUT2D eigenvalue weighted by Gasteiger charge is -2.11. The molecule has 94 valence electrons. The Balaban J connectivity index is 3.68. The lowest BCUT2D eigenvalue weighted by molar-refractivity contribution is -0.153. The number of carbonyl (C=O) groups is 2. The van der Waals surface area contributed by atoms with Gasteiger partial charge in [-0.1, -0.05) is 20.8 Å². The summed E-state index contributed by atoms with van der Waals surface area (Å²) < 4.78 is 10.2. The van der Waals surface area contributed by atoms with Crippen molar-refractivity contribution in [3.8, 4) is 0 Å². The van der Waals surface area contributed by atoms with Crippen LogP contribution in [0.2, 0.25) is 0 Å². The van der Waals surface area contributed by atoms with Gasteiger partial charge in [0.2, 0.25) is 0 Å². The number of ether oxygens (including phenoxy) is 2. The van der Waals surface area contributed by atoms with Gasteiger partial charge < -0.3 is 9.47 Å². The van der Waals surface area contributed by atoms with Crippen LogP contribution in [0.4, 0.5) is 0 Å². The predicted octanol–water partition coefficient (Wildman–Crippen LogP) is 1.82. The normalized spacial score (nSPS) is 12.6. The SMILES string of the molecule is CCC(C(C)=O)C(=O)OCCOCC(C)C. The fourth-order valence-electron chi connectivity index (χ4n) is 1.24. The molecule has 0 aliphatic carbocycles. The first-order valence-electron chi connectivity index (χ1n) is 5.73. The van der Waals surface area contributed by atoms with E-state index in [2.05, 4.69) is 13.8 Å². The van der Waals surface area contributed by atoms with Gasteiger partial charge in [-0.05, 0) is 19.3 Å². The van der Waals surface area contributed by atoms with Gasteiger partial charge in [0.25, 0.3) is 0 Å². The smallest absolute Gasteiger partial charge is 0.316 e. The molecule has 0 fully saturated rings.